The first kappa shape index (κ1) is 17.2. The van der Waals surface area contributed by atoms with Crippen molar-refractivity contribution < 1.29 is 10.2 Å². The molecule has 0 atom stereocenters. The largest absolute Gasteiger partial charge is 0.508 e. The van der Waals surface area contributed by atoms with E-state index in [1.165, 1.54) is 0 Å². The predicted molar refractivity (Wildman–Crippen MR) is 101 cm³/mol. The van der Waals surface area contributed by atoms with Crippen molar-refractivity contribution in [2.24, 2.45) is 0 Å². The molecule has 1 heterocycles. The molecule has 2 aromatic carbocycles. The molecule has 0 saturated heterocycles. The molecule has 6 heteroatoms. The van der Waals surface area contributed by atoms with Crippen molar-refractivity contribution in [2.45, 2.75) is 34.1 Å². The third-order valence-corrected chi connectivity index (χ3v) is 4.96. The average molecular weight is 355 g/mol. The summed E-state index contributed by atoms with van der Waals surface area (Å²) in [5, 5.41) is 27.3. The van der Waals surface area contributed by atoms with Crippen LogP contribution in [0.4, 0.5) is 0 Å². The molecule has 3 aromatic rings. The lowest BCUT2D eigenvalue weighted by molar-refractivity contribution is 0.468. The number of benzene rings is 2. The Labute approximate surface area is 151 Å². The Kier molecular flexibility index (Phi) is 4.39. The van der Waals surface area contributed by atoms with E-state index in [1.807, 2.05) is 44.4 Å². The molecular formula is C19H21N3O2S. The zero-order chi connectivity index (χ0) is 18.3. The Morgan fingerprint density at radius 1 is 1.08 bits per heavy atom. The molecule has 0 unspecified atom stereocenters. The number of aromatic amines is 1. The molecule has 0 spiro atoms. The molecule has 0 radical (unpaired) electrons. The van der Waals surface area contributed by atoms with Crippen LogP contribution in [-0.4, -0.2) is 25.0 Å². The number of rotatable bonds is 3. The summed E-state index contributed by atoms with van der Waals surface area (Å²) in [5.41, 5.74) is 5.30. The highest BCUT2D eigenvalue weighted by atomic mass is 32.1. The minimum Gasteiger partial charge on any atom is -0.508 e. The van der Waals surface area contributed by atoms with Gasteiger partial charge < -0.3 is 10.2 Å². The smallest absolute Gasteiger partial charge is 0.200 e. The number of aryl methyl sites for hydroxylation is 2. The van der Waals surface area contributed by atoms with Gasteiger partial charge in [0.2, 0.25) is 0 Å². The first-order chi connectivity index (χ1) is 11.8. The quantitative estimate of drug-likeness (QED) is 0.605. The van der Waals surface area contributed by atoms with Crippen molar-refractivity contribution in [2.75, 3.05) is 0 Å². The fourth-order valence-electron chi connectivity index (χ4n) is 3.00. The molecule has 0 amide bonds. The summed E-state index contributed by atoms with van der Waals surface area (Å²) in [7, 11) is 0. The van der Waals surface area contributed by atoms with Crippen molar-refractivity contribution >= 4 is 12.2 Å². The maximum Gasteiger partial charge on any atom is 0.200 e. The van der Waals surface area contributed by atoms with E-state index in [-0.39, 0.29) is 5.75 Å². The lowest BCUT2D eigenvalue weighted by Crippen LogP contribution is -2.03. The van der Waals surface area contributed by atoms with Gasteiger partial charge in [0.25, 0.3) is 0 Å². The summed E-state index contributed by atoms with van der Waals surface area (Å²) in [4.78, 5) is 0. The Balaban J connectivity index is 2.30. The minimum absolute atomic E-state index is 0.256. The normalized spacial score (nSPS) is 11.0. The van der Waals surface area contributed by atoms with Gasteiger partial charge in [-0.1, -0.05) is 6.92 Å². The van der Waals surface area contributed by atoms with Crippen molar-refractivity contribution in [1.29, 1.82) is 0 Å². The minimum atomic E-state index is 0.256. The van der Waals surface area contributed by atoms with Crippen LogP contribution in [0, 0.1) is 25.5 Å². The molecular weight excluding hydrogens is 334 g/mol. The van der Waals surface area contributed by atoms with Gasteiger partial charge in [0.1, 0.15) is 11.5 Å². The maximum atomic E-state index is 10.1. The SMILES string of the molecule is CCc1cc(-c2n[nH]c(=S)n2-c2ccc(O)c(C)c2C)c(C)cc1O. The Bertz CT molecular complexity index is 1020. The van der Waals surface area contributed by atoms with Crippen LogP contribution in [0.2, 0.25) is 0 Å². The molecule has 0 aliphatic carbocycles. The Morgan fingerprint density at radius 3 is 2.48 bits per heavy atom. The molecule has 5 nitrogen and oxygen atoms in total. The standard InChI is InChI=1S/C19H21N3O2S/c1-5-13-9-14(10(2)8-17(13)24)18-20-21-19(25)22(18)15-6-7-16(23)12(4)11(15)3/h6-9,23-24H,5H2,1-4H3,(H,21,25). The fourth-order valence-corrected chi connectivity index (χ4v) is 3.23. The van der Waals surface area contributed by atoms with Crippen LogP contribution in [0.5, 0.6) is 11.5 Å². The molecule has 3 N–H and O–H groups in total. The number of hydrogen-bond acceptors (Lipinski definition) is 4. The molecule has 1 aromatic heterocycles. The molecule has 0 bridgehead atoms. The van der Waals surface area contributed by atoms with Crippen molar-refractivity contribution in [3.8, 4) is 28.6 Å². The lowest BCUT2D eigenvalue weighted by atomic mass is 10.0. The Hall–Kier alpha value is -2.60. The van der Waals surface area contributed by atoms with Crippen LogP contribution >= 0.6 is 12.2 Å². The number of H-pyrrole nitrogens is 1. The summed E-state index contributed by atoms with van der Waals surface area (Å²) < 4.78 is 2.35. The van der Waals surface area contributed by atoms with E-state index in [2.05, 4.69) is 10.2 Å². The van der Waals surface area contributed by atoms with Crippen LogP contribution in [0.25, 0.3) is 17.1 Å². The van der Waals surface area contributed by atoms with Gasteiger partial charge in [-0.05, 0) is 85.9 Å². The predicted octanol–water partition coefficient (Wildman–Crippen LogP) is 4.50. The van der Waals surface area contributed by atoms with E-state index in [0.29, 0.717) is 16.3 Å². The summed E-state index contributed by atoms with van der Waals surface area (Å²) in [6, 6.07) is 7.21. The number of aromatic hydroxyl groups is 2. The molecule has 0 aliphatic rings. The van der Waals surface area contributed by atoms with E-state index < -0.39 is 0 Å². The number of aromatic nitrogens is 3. The van der Waals surface area contributed by atoms with Gasteiger partial charge in [-0.2, -0.15) is 5.10 Å². The lowest BCUT2D eigenvalue weighted by Gasteiger charge is -2.15. The van der Waals surface area contributed by atoms with Crippen molar-refractivity contribution in [1.82, 2.24) is 14.8 Å². The van der Waals surface area contributed by atoms with Gasteiger partial charge in [0, 0.05) is 5.56 Å². The van der Waals surface area contributed by atoms with Crippen LogP contribution < -0.4 is 0 Å². The number of nitrogens with zero attached hydrogens (tertiary/aromatic N) is 2. The molecule has 130 valence electrons. The second kappa shape index (κ2) is 6.37. The van der Waals surface area contributed by atoms with Gasteiger partial charge in [-0.3, -0.25) is 9.67 Å². The number of hydrogen-bond donors (Lipinski definition) is 3. The van der Waals surface area contributed by atoms with E-state index in [0.717, 1.165) is 39.9 Å². The summed E-state index contributed by atoms with van der Waals surface area (Å²) in [5.74, 6) is 1.23. The monoisotopic (exact) mass is 355 g/mol. The highest BCUT2D eigenvalue weighted by Crippen LogP contribution is 2.33. The van der Waals surface area contributed by atoms with E-state index in [4.69, 9.17) is 12.2 Å². The summed E-state index contributed by atoms with van der Waals surface area (Å²) in [6.07, 6.45) is 0.724. The van der Waals surface area contributed by atoms with E-state index in [1.54, 1.807) is 12.1 Å². The third kappa shape index (κ3) is 2.82. The first-order valence-corrected chi connectivity index (χ1v) is 8.55. The van der Waals surface area contributed by atoms with Crippen molar-refractivity contribution in [3.63, 3.8) is 0 Å². The number of phenols is 2. The van der Waals surface area contributed by atoms with Crippen LogP contribution in [0.15, 0.2) is 24.3 Å². The molecule has 3 rings (SSSR count). The highest BCUT2D eigenvalue weighted by molar-refractivity contribution is 7.71. The average Bonchev–Trinajstić information content (AvgIpc) is 2.94. The van der Waals surface area contributed by atoms with Gasteiger partial charge in [-0.25, -0.2) is 0 Å². The second-order valence-electron chi connectivity index (χ2n) is 6.19. The number of nitrogens with one attached hydrogen (secondary N) is 1. The summed E-state index contributed by atoms with van der Waals surface area (Å²) in [6.45, 7) is 7.76. The molecule has 25 heavy (non-hydrogen) atoms. The fraction of sp³-hybridized carbons (Fsp3) is 0.263. The van der Waals surface area contributed by atoms with E-state index >= 15 is 0 Å². The van der Waals surface area contributed by atoms with Crippen LogP contribution in [0.3, 0.4) is 0 Å². The molecule has 0 aliphatic heterocycles. The molecule has 0 saturated carbocycles. The maximum absolute atomic E-state index is 10.1. The zero-order valence-electron chi connectivity index (χ0n) is 14.7. The van der Waals surface area contributed by atoms with Crippen LogP contribution in [0.1, 0.15) is 29.2 Å². The van der Waals surface area contributed by atoms with E-state index in [9.17, 15) is 10.2 Å². The van der Waals surface area contributed by atoms with Crippen LogP contribution in [-0.2, 0) is 6.42 Å². The van der Waals surface area contributed by atoms with Gasteiger partial charge in [0.15, 0.2) is 10.6 Å². The highest BCUT2D eigenvalue weighted by Gasteiger charge is 2.17. The zero-order valence-corrected chi connectivity index (χ0v) is 15.5. The van der Waals surface area contributed by atoms with Crippen molar-refractivity contribution in [3.05, 3.63) is 51.3 Å². The topological polar surface area (TPSA) is 74.1 Å². The Morgan fingerprint density at radius 2 is 1.80 bits per heavy atom. The second-order valence-corrected chi connectivity index (χ2v) is 6.58. The third-order valence-electron chi connectivity index (χ3n) is 4.69. The number of phenolic OH excluding ortho intramolecular Hbond substituents is 2. The first-order valence-electron chi connectivity index (χ1n) is 8.15. The molecule has 0 fully saturated rings. The van der Waals surface area contributed by atoms with Gasteiger partial charge in [0.05, 0.1) is 5.69 Å². The van der Waals surface area contributed by atoms with Gasteiger partial charge in [-0.15, -0.1) is 0 Å². The summed E-state index contributed by atoms with van der Waals surface area (Å²) >= 11 is 5.45. The van der Waals surface area contributed by atoms with Gasteiger partial charge >= 0.3 is 0 Å².